The minimum Gasteiger partial charge on any atom is -0.379 e. The van der Waals surface area contributed by atoms with E-state index in [9.17, 15) is 4.79 Å². The topological polar surface area (TPSA) is 75.4 Å². The number of nitrogens with two attached hydrogens (primary N) is 1. The van der Waals surface area contributed by atoms with Crippen molar-refractivity contribution in [2.45, 2.75) is 97.6 Å². The molecule has 0 radical (unpaired) electrons. The highest BCUT2D eigenvalue weighted by molar-refractivity contribution is 5.73. The summed E-state index contributed by atoms with van der Waals surface area (Å²) in [4.78, 5) is 10.4. The molecule has 0 bridgehead atoms. The SMILES string of the molecule is CCCCCCCCCCCC(N)=O.CCNC(O)CC. The van der Waals surface area contributed by atoms with Gasteiger partial charge < -0.3 is 10.8 Å². The van der Waals surface area contributed by atoms with Gasteiger partial charge in [0, 0.05) is 6.42 Å². The van der Waals surface area contributed by atoms with Crippen LogP contribution < -0.4 is 11.1 Å². The molecule has 0 fully saturated rings. The molecular formula is C17H38N2O2. The lowest BCUT2D eigenvalue weighted by Gasteiger charge is -2.05. The van der Waals surface area contributed by atoms with E-state index in [1.807, 2.05) is 13.8 Å². The zero-order chi connectivity index (χ0) is 16.3. The van der Waals surface area contributed by atoms with Gasteiger partial charge in [-0.05, 0) is 19.4 Å². The molecule has 4 nitrogen and oxygen atoms in total. The van der Waals surface area contributed by atoms with Gasteiger partial charge in [-0.25, -0.2) is 0 Å². The number of primary amides is 1. The molecule has 1 amide bonds. The first-order valence-electron chi connectivity index (χ1n) is 8.78. The average molecular weight is 303 g/mol. The summed E-state index contributed by atoms with van der Waals surface area (Å²) in [6, 6.07) is 0. The van der Waals surface area contributed by atoms with Gasteiger partial charge in [-0.3, -0.25) is 10.1 Å². The Kier molecular flexibility index (Phi) is 20.9. The van der Waals surface area contributed by atoms with E-state index in [1.165, 1.54) is 44.9 Å². The molecule has 0 spiro atoms. The predicted molar refractivity (Wildman–Crippen MR) is 91.0 cm³/mol. The smallest absolute Gasteiger partial charge is 0.217 e. The molecule has 0 rings (SSSR count). The lowest BCUT2D eigenvalue weighted by molar-refractivity contribution is -0.118. The highest BCUT2D eigenvalue weighted by Crippen LogP contribution is 2.10. The maximum absolute atomic E-state index is 10.4. The number of unbranched alkanes of at least 4 members (excludes halogenated alkanes) is 8. The third kappa shape index (κ3) is 24.8. The van der Waals surface area contributed by atoms with E-state index in [-0.39, 0.29) is 12.1 Å². The summed E-state index contributed by atoms with van der Waals surface area (Å²) in [5.41, 5.74) is 5.05. The molecule has 0 aliphatic heterocycles. The fourth-order valence-electron chi connectivity index (χ4n) is 1.99. The Labute approximate surface area is 131 Å². The first-order chi connectivity index (χ1) is 10.1. The van der Waals surface area contributed by atoms with Gasteiger partial charge in [0.25, 0.3) is 0 Å². The predicted octanol–water partition coefficient (Wildman–Crippen LogP) is 3.72. The van der Waals surface area contributed by atoms with Gasteiger partial charge >= 0.3 is 0 Å². The number of aliphatic hydroxyl groups excluding tert-OH is 1. The number of carbonyl (C=O) groups is 1. The van der Waals surface area contributed by atoms with Gasteiger partial charge in [0.05, 0.1) is 0 Å². The van der Waals surface area contributed by atoms with Crippen LogP contribution in [0.3, 0.4) is 0 Å². The molecule has 128 valence electrons. The summed E-state index contributed by atoms with van der Waals surface area (Å²) in [7, 11) is 0. The Morgan fingerprint density at radius 2 is 1.43 bits per heavy atom. The molecule has 0 aliphatic carbocycles. The molecule has 0 aromatic heterocycles. The van der Waals surface area contributed by atoms with Crippen LogP contribution in [0.2, 0.25) is 0 Å². The molecule has 0 saturated carbocycles. The molecule has 4 N–H and O–H groups in total. The van der Waals surface area contributed by atoms with E-state index in [1.54, 1.807) is 0 Å². The second-order valence-electron chi connectivity index (χ2n) is 5.53. The number of carbonyl (C=O) groups excluding carboxylic acids is 1. The van der Waals surface area contributed by atoms with Gasteiger partial charge in [-0.15, -0.1) is 0 Å². The first kappa shape index (κ1) is 22.7. The second kappa shape index (κ2) is 19.4. The number of hydrogen-bond acceptors (Lipinski definition) is 3. The van der Waals surface area contributed by atoms with E-state index >= 15 is 0 Å². The van der Waals surface area contributed by atoms with Gasteiger partial charge in [-0.2, -0.15) is 0 Å². The van der Waals surface area contributed by atoms with Crippen LogP contribution in [0.4, 0.5) is 0 Å². The fraction of sp³-hybridized carbons (Fsp3) is 0.941. The maximum Gasteiger partial charge on any atom is 0.217 e. The Morgan fingerprint density at radius 3 is 1.76 bits per heavy atom. The quantitative estimate of drug-likeness (QED) is 0.358. The summed E-state index contributed by atoms with van der Waals surface area (Å²) < 4.78 is 0. The number of aliphatic hydroxyl groups is 1. The number of nitrogens with one attached hydrogen (secondary N) is 1. The Balaban J connectivity index is 0. The van der Waals surface area contributed by atoms with E-state index in [0.29, 0.717) is 6.42 Å². The molecule has 0 aromatic carbocycles. The fourth-order valence-corrected chi connectivity index (χ4v) is 1.99. The number of rotatable bonds is 13. The summed E-state index contributed by atoms with van der Waals surface area (Å²) >= 11 is 0. The molecule has 0 saturated heterocycles. The first-order valence-corrected chi connectivity index (χ1v) is 8.78. The van der Waals surface area contributed by atoms with Crippen LogP contribution in [0.25, 0.3) is 0 Å². The number of amides is 1. The van der Waals surface area contributed by atoms with Gasteiger partial charge in [0.2, 0.25) is 5.91 Å². The maximum atomic E-state index is 10.4. The molecule has 0 heterocycles. The Morgan fingerprint density at radius 1 is 0.952 bits per heavy atom. The van der Waals surface area contributed by atoms with E-state index in [0.717, 1.165) is 25.8 Å². The summed E-state index contributed by atoms with van der Waals surface area (Å²) in [5, 5.41) is 11.6. The van der Waals surface area contributed by atoms with Crippen LogP contribution in [-0.4, -0.2) is 23.8 Å². The van der Waals surface area contributed by atoms with Crippen molar-refractivity contribution in [3.05, 3.63) is 0 Å². The van der Waals surface area contributed by atoms with E-state index in [4.69, 9.17) is 10.8 Å². The Hall–Kier alpha value is -0.610. The van der Waals surface area contributed by atoms with Gasteiger partial charge in [-0.1, -0.05) is 72.1 Å². The normalized spacial score (nSPS) is 11.6. The molecule has 21 heavy (non-hydrogen) atoms. The van der Waals surface area contributed by atoms with E-state index < -0.39 is 0 Å². The van der Waals surface area contributed by atoms with Gasteiger partial charge in [0.1, 0.15) is 6.23 Å². The van der Waals surface area contributed by atoms with Crippen LogP contribution in [0, 0.1) is 0 Å². The second-order valence-corrected chi connectivity index (χ2v) is 5.53. The molecule has 4 heteroatoms. The summed E-state index contributed by atoms with van der Waals surface area (Å²) in [5.74, 6) is -0.159. The lowest BCUT2D eigenvalue weighted by atomic mass is 10.1. The van der Waals surface area contributed by atoms with Crippen molar-refractivity contribution in [2.75, 3.05) is 6.54 Å². The minimum absolute atomic E-state index is 0.159. The summed E-state index contributed by atoms with van der Waals surface area (Å²) in [6.07, 6.45) is 12.6. The number of hydrogen-bond donors (Lipinski definition) is 3. The molecule has 0 aliphatic rings. The average Bonchev–Trinajstić information content (AvgIpc) is 2.46. The van der Waals surface area contributed by atoms with Crippen LogP contribution in [0.5, 0.6) is 0 Å². The molecular weight excluding hydrogens is 264 g/mol. The van der Waals surface area contributed by atoms with Crippen molar-refractivity contribution < 1.29 is 9.90 Å². The monoisotopic (exact) mass is 302 g/mol. The standard InChI is InChI=1S/C12H25NO.C5H13NO/c1-2-3-4-5-6-7-8-9-10-11-12(13)14;1-3-5(7)6-4-2/h2-11H2,1H3,(H2,13,14);5-7H,3-4H2,1-2H3. The van der Waals surface area contributed by atoms with Crippen molar-refractivity contribution in [2.24, 2.45) is 5.73 Å². The van der Waals surface area contributed by atoms with Crippen LogP contribution in [0.15, 0.2) is 0 Å². The van der Waals surface area contributed by atoms with Crippen LogP contribution in [-0.2, 0) is 4.79 Å². The molecule has 1 unspecified atom stereocenters. The minimum atomic E-state index is -0.301. The lowest BCUT2D eigenvalue weighted by Crippen LogP contribution is -2.26. The van der Waals surface area contributed by atoms with Crippen LogP contribution >= 0.6 is 0 Å². The van der Waals surface area contributed by atoms with Crippen molar-refractivity contribution in [1.82, 2.24) is 5.32 Å². The largest absolute Gasteiger partial charge is 0.379 e. The highest BCUT2D eigenvalue weighted by atomic mass is 16.3. The third-order valence-electron chi connectivity index (χ3n) is 3.35. The third-order valence-corrected chi connectivity index (χ3v) is 3.35. The molecule has 0 aromatic rings. The van der Waals surface area contributed by atoms with Crippen LogP contribution in [0.1, 0.15) is 91.4 Å². The van der Waals surface area contributed by atoms with Gasteiger partial charge in [0.15, 0.2) is 0 Å². The highest BCUT2D eigenvalue weighted by Gasteiger charge is 1.95. The molecule has 1 atom stereocenters. The zero-order valence-electron chi connectivity index (χ0n) is 14.5. The van der Waals surface area contributed by atoms with Crippen molar-refractivity contribution >= 4 is 5.91 Å². The summed E-state index contributed by atoms with van der Waals surface area (Å²) in [6.45, 7) is 6.99. The van der Waals surface area contributed by atoms with E-state index in [2.05, 4.69) is 12.2 Å². The van der Waals surface area contributed by atoms with Crippen molar-refractivity contribution in [1.29, 1.82) is 0 Å². The van der Waals surface area contributed by atoms with Crippen molar-refractivity contribution in [3.8, 4) is 0 Å². The Bertz CT molecular complexity index is 211. The zero-order valence-corrected chi connectivity index (χ0v) is 14.5. The van der Waals surface area contributed by atoms with Crippen molar-refractivity contribution in [3.63, 3.8) is 0 Å².